The number of nitrogens with zero attached hydrogens (tertiary/aromatic N) is 3. The number of aromatic nitrogens is 2. The lowest BCUT2D eigenvalue weighted by Gasteiger charge is -2.13. The number of hydrogen-bond acceptors (Lipinski definition) is 3. The second-order valence-electron chi connectivity index (χ2n) is 6.84. The van der Waals surface area contributed by atoms with Crippen molar-refractivity contribution in [2.45, 2.75) is 13.0 Å². The Morgan fingerprint density at radius 3 is 2.72 bits per heavy atom. The number of terminal acetylenes is 1. The van der Waals surface area contributed by atoms with E-state index in [1.54, 1.807) is 6.26 Å². The maximum Gasteiger partial charge on any atom is 0.154 e. The molecule has 1 aliphatic heterocycles. The third kappa shape index (κ3) is 2.91. The minimum Gasteiger partial charge on any atom is -0.463 e. The van der Waals surface area contributed by atoms with E-state index in [2.05, 4.69) is 57.1 Å². The van der Waals surface area contributed by atoms with Crippen LogP contribution in [0.25, 0.3) is 17.1 Å². The monoisotopic (exact) mass is 489 g/mol. The highest BCUT2D eigenvalue weighted by Gasteiger charge is 2.28. The van der Waals surface area contributed by atoms with E-state index < -0.39 is 0 Å². The number of furan rings is 1. The molecule has 0 saturated carbocycles. The molecule has 4 aromatic rings. The minimum absolute atomic E-state index is 0.120. The molecule has 0 radical (unpaired) electrons. The van der Waals surface area contributed by atoms with Crippen LogP contribution in [0.1, 0.15) is 35.3 Å². The number of aliphatic imine (C=N–C) groups is 1. The Balaban J connectivity index is 1.83. The maximum absolute atomic E-state index is 5.70. The molecule has 4 nitrogen and oxygen atoms in total. The Morgan fingerprint density at radius 2 is 1.97 bits per heavy atom. The van der Waals surface area contributed by atoms with E-state index in [0.29, 0.717) is 0 Å². The number of fused-ring (bicyclic) bond motifs is 3. The molecule has 0 amide bonds. The quantitative estimate of drug-likeness (QED) is 0.271. The van der Waals surface area contributed by atoms with Crippen molar-refractivity contribution in [3.8, 4) is 29.5 Å². The molecule has 0 fully saturated rings. The molecule has 3 heterocycles. The molecule has 1 aliphatic rings. The summed E-state index contributed by atoms with van der Waals surface area (Å²) in [5.41, 5.74) is 6.66. The van der Waals surface area contributed by atoms with E-state index in [1.165, 1.54) is 0 Å². The van der Waals surface area contributed by atoms with Crippen LogP contribution in [-0.2, 0) is 0 Å². The summed E-state index contributed by atoms with van der Waals surface area (Å²) >= 11 is 2.36. The number of imidazole rings is 1. The van der Waals surface area contributed by atoms with Crippen LogP contribution in [0, 0.1) is 15.9 Å². The summed E-state index contributed by atoms with van der Waals surface area (Å²) in [5, 5.41) is 0. The number of halogens is 1. The van der Waals surface area contributed by atoms with Crippen molar-refractivity contribution in [2.75, 3.05) is 0 Å². The third-order valence-electron chi connectivity index (χ3n) is 5.08. The zero-order valence-corrected chi connectivity index (χ0v) is 17.8. The summed E-state index contributed by atoms with van der Waals surface area (Å²) < 4.78 is 8.88. The third-order valence-corrected chi connectivity index (χ3v) is 6.03. The molecule has 0 aliphatic carbocycles. The maximum atomic E-state index is 5.70. The van der Waals surface area contributed by atoms with Gasteiger partial charge >= 0.3 is 0 Å². The van der Waals surface area contributed by atoms with Gasteiger partial charge in [0.15, 0.2) is 5.76 Å². The molecular weight excluding hydrogens is 473 g/mol. The Bertz CT molecular complexity index is 1290. The van der Waals surface area contributed by atoms with E-state index in [9.17, 15) is 0 Å². The largest absolute Gasteiger partial charge is 0.463 e. The Kier molecular flexibility index (Phi) is 4.36. The molecule has 2 aromatic carbocycles. The average Bonchev–Trinajstić information content (AvgIpc) is 3.39. The predicted molar refractivity (Wildman–Crippen MR) is 122 cm³/mol. The first kappa shape index (κ1) is 18.0. The fourth-order valence-corrected chi connectivity index (χ4v) is 4.41. The molecule has 0 spiro atoms. The first-order valence-electron chi connectivity index (χ1n) is 9.22. The Labute approximate surface area is 182 Å². The molecule has 5 heteroatoms. The fraction of sp³-hybridized carbons (Fsp3) is 0.0833. The summed E-state index contributed by atoms with van der Waals surface area (Å²) in [6.45, 7) is 2.09. The summed E-state index contributed by atoms with van der Waals surface area (Å²) in [6.07, 6.45) is 9.21. The SMILES string of the molecule is C#Cc1ccc2c(c1)C(c1ccccc1I)=N[C@H](C)c1c(-c3ccco3)ncn1-2. The number of rotatable bonds is 2. The Hall–Kier alpha value is -3.11. The highest BCUT2D eigenvalue weighted by molar-refractivity contribution is 14.1. The smallest absolute Gasteiger partial charge is 0.154 e. The highest BCUT2D eigenvalue weighted by Crippen LogP contribution is 2.37. The molecule has 140 valence electrons. The summed E-state index contributed by atoms with van der Waals surface area (Å²) in [5.74, 6) is 3.49. The molecule has 1 atom stereocenters. The standard InChI is InChI=1S/C24H16IN3O/c1-3-16-10-11-20-18(13-16)22(17-7-4-5-8-19(17)25)27-15(2)24-23(26-14-28(20)24)21-9-6-12-29-21/h1,4-15H,2H3/t15-/m1/s1. The van der Waals surface area contributed by atoms with E-state index in [-0.39, 0.29) is 6.04 Å². The van der Waals surface area contributed by atoms with Gasteiger partial charge in [-0.2, -0.15) is 0 Å². The molecule has 0 N–H and O–H groups in total. The van der Waals surface area contributed by atoms with Gasteiger partial charge in [0.05, 0.1) is 29.4 Å². The lowest BCUT2D eigenvalue weighted by atomic mass is 9.98. The van der Waals surface area contributed by atoms with Gasteiger partial charge < -0.3 is 4.42 Å². The van der Waals surface area contributed by atoms with E-state index in [0.717, 1.165) is 48.8 Å². The molecule has 0 unspecified atom stereocenters. The summed E-state index contributed by atoms with van der Waals surface area (Å²) in [7, 11) is 0. The van der Waals surface area contributed by atoms with Crippen LogP contribution in [0.2, 0.25) is 0 Å². The molecule has 29 heavy (non-hydrogen) atoms. The van der Waals surface area contributed by atoms with Gasteiger partial charge in [-0.05, 0) is 65.9 Å². The number of hydrogen-bond donors (Lipinski definition) is 0. The molecule has 0 saturated heterocycles. The van der Waals surface area contributed by atoms with Gasteiger partial charge in [0.2, 0.25) is 0 Å². The lowest BCUT2D eigenvalue weighted by molar-refractivity contribution is 0.578. The molecule has 2 aromatic heterocycles. The van der Waals surface area contributed by atoms with Crippen molar-refractivity contribution in [1.82, 2.24) is 9.55 Å². The van der Waals surface area contributed by atoms with E-state index in [4.69, 9.17) is 15.8 Å². The van der Waals surface area contributed by atoms with Gasteiger partial charge in [-0.3, -0.25) is 9.56 Å². The van der Waals surface area contributed by atoms with Gasteiger partial charge in [0.1, 0.15) is 12.0 Å². The van der Waals surface area contributed by atoms with Gasteiger partial charge in [0.25, 0.3) is 0 Å². The van der Waals surface area contributed by atoms with Crippen molar-refractivity contribution in [3.05, 3.63) is 93.1 Å². The van der Waals surface area contributed by atoms with Crippen molar-refractivity contribution in [1.29, 1.82) is 0 Å². The minimum atomic E-state index is -0.120. The first-order valence-corrected chi connectivity index (χ1v) is 10.3. The summed E-state index contributed by atoms with van der Waals surface area (Å²) in [6, 6.07) is 18.0. The van der Waals surface area contributed by atoms with Gasteiger partial charge in [-0.1, -0.05) is 24.1 Å². The average molecular weight is 489 g/mol. The topological polar surface area (TPSA) is 43.3 Å². The van der Waals surface area contributed by atoms with Gasteiger partial charge in [-0.25, -0.2) is 4.98 Å². The van der Waals surface area contributed by atoms with Crippen molar-refractivity contribution in [2.24, 2.45) is 4.99 Å². The van der Waals surface area contributed by atoms with Crippen LogP contribution in [0.3, 0.4) is 0 Å². The van der Waals surface area contributed by atoms with E-state index >= 15 is 0 Å². The van der Waals surface area contributed by atoms with Crippen LogP contribution in [0.4, 0.5) is 0 Å². The van der Waals surface area contributed by atoms with Crippen LogP contribution in [-0.4, -0.2) is 15.3 Å². The van der Waals surface area contributed by atoms with Crippen LogP contribution >= 0.6 is 22.6 Å². The normalized spacial score (nSPS) is 15.1. The fourth-order valence-electron chi connectivity index (χ4n) is 3.77. The number of benzene rings is 2. The zero-order valence-electron chi connectivity index (χ0n) is 15.6. The Morgan fingerprint density at radius 1 is 1.10 bits per heavy atom. The van der Waals surface area contributed by atoms with Crippen LogP contribution in [0.15, 0.2) is 76.6 Å². The summed E-state index contributed by atoms with van der Waals surface area (Å²) in [4.78, 5) is 9.80. The van der Waals surface area contributed by atoms with Gasteiger partial charge in [0, 0.05) is 20.3 Å². The van der Waals surface area contributed by atoms with E-state index in [1.807, 2.05) is 48.8 Å². The first-order chi connectivity index (χ1) is 14.2. The van der Waals surface area contributed by atoms with Gasteiger partial charge in [-0.15, -0.1) is 6.42 Å². The van der Waals surface area contributed by atoms with Crippen LogP contribution < -0.4 is 0 Å². The van der Waals surface area contributed by atoms with Crippen LogP contribution in [0.5, 0.6) is 0 Å². The molecule has 0 bridgehead atoms. The molecular formula is C24H16IN3O. The zero-order chi connectivity index (χ0) is 20.0. The molecule has 5 rings (SSSR count). The lowest BCUT2D eigenvalue weighted by Crippen LogP contribution is -2.09. The highest BCUT2D eigenvalue weighted by atomic mass is 127. The van der Waals surface area contributed by atoms with Crippen molar-refractivity contribution < 1.29 is 4.42 Å². The van der Waals surface area contributed by atoms with Crippen molar-refractivity contribution >= 4 is 28.3 Å². The predicted octanol–water partition coefficient (Wildman–Crippen LogP) is 5.63. The van der Waals surface area contributed by atoms with Crippen molar-refractivity contribution in [3.63, 3.8) is 0 Å². The second kappa shape index (κ2) is 7.05. The second-order valence-corrected chi connectivity index (χ2v) is 8.00.